The number of aromatic nitrogens is 2. The minimum absolute atomic E-state index is 0.148. The Balaban J connectivity index is 1.63. The molecule has 0 fully saturated rings. The summed E-state index contributed by atoms with van der Waals surface area (Å²) in [6.45, 7) is 6.65. The number of pyridine rings is 1. The lowest BCUT2D eigenvalue weighted by Crippen LogP contribution is -2.10. The largest absolute Gasteiger partial charge is 0.339 e. The third-order valence-electron chi connectivity index (χ3n) is 4.52. The lowest BCUT2D eigenvalue weighted by atomic mass is 9.87. The van der Waals surface area contributed by atoms with Gasteiger partial charge >= 0.3 is 0 Å². The number of halogens is 1. The van der Waals surface area contributed by atoms with Crippen molar-refractivity contribution >= 4 is 44.7 Å². The van der Waals surface area contributed by atoms with Gasteiger partial charge in [-0.25, -0.2) is 0 Å². The van der Waals surface area contributed by atoms with E-state index < -0.39 is 0 Å². The van der Waals surface area contributed by atoms with Crippen LogP contribution in [0.3, 0.4) is 0 Å². The molecule has 0 aliphatic heterocycles. The average molecular weight is 394 g/mol. The third-order valence-corrected chi connectivity index (χ3v) is 5.63. The summed E-state index contributed by atoms with van der Waals surface area (Å²) in [5, 5.41) is 5.18. The molecule has 3 nitrogen and oxygen atoms in total. The van der Waals surface area contributed by atoms with Gasteiger partial charge in [0.1, 0.15) is 0 Å². The SMILES string of the molecule is CC(C)(C)c1ccc(Nc2nsc3cc(-c4ncccc4Cl)ccc23)cc1. The lowest BCUT2D eigenvalue weighted by Gasteiger charge is -2.19. The molecule has 2 aromatic heterocycles. The van der Waals surface area contributed by atoms with E-state index in [9.17, 15) is 0 Å². The van der Waals surface area contributed by atoms with E-state index in [-0.39, 0.29) is 5.41 Å². The second-order valence-corrected chi connectivity index (χ2v) is 8.74. The van der Waals surface area contributed by atoms with Gasteiger partial charge in [-0.2, -0.15) is 4.37 Å². The molecule has 0 amide bonds. The highest BCUT2D eigenvalue weighted by molar-refractivity contribution is 7.13. The fourth-order valence-electron chi connectivity index (χ4n) is 2.96. The van der Waals surface area contributed by atoms with Crippen molar-refractivity contribution in [3.63, 3.8) is 0 Å². The van der Waals surface area contributed by atoms with Crippen LogP contribution in [0.25, 0.3) is 21.3 Å². The molecule has 0 atom stereocenters. The monoisotopic (exact) mass is 393 g/mol. The Labute approximate surface area is 168 Å². The van der Waals surface area contributed by atoms with E-state index in [4.69, 9.17) is 11.6 Å². The number of hydrogen-bond donors (Lipinski definition) is 1. The molecule has 0 aliphatic carbocycles. The second-order valence-electron chi connectivity index (χ2n) is 7.53. The molecule has 0 radical (unpaired) electrons. The normalized spacial score (nSPS) is 11.7. The fraction of sp³-hybridized carbons (Fsp3) is 0.182. The summed E-state index contributed by atoms with van der Waals surface area (Å²) >= 11 is 7.75. The Morgan fingerprint density at radius 1 is 1.00 bits per heavy atom. The maximum absolute atomic E-state index is 6.28. The Morgan fingerprint density at radius 3 is 2.48 bits per heavy atom. The first kappa shape index (κ1) is 18.0. The molecule has 5 heteroatoms. The Hall–Kier alpha value is -2.43. The second kappa shape index (κ2) is 6.95. The van der Waals surface area contributed by atoms with Gasteiger partial charge in [0, 0.05) is 22.8 Å². The van der Waals surface area contributed by atoms with Crippen molar-refractivity contribution in [3.8, 4) is 11.3 Å². The maximum Gasteiger partial charge on any atom is 0.151 e. The zero-order valence-corrected chi connectivity index (χ0v) is 17.0. The van der Waals surface area contributed by atoms with Gasteiger partial charge in [-0.3, -0.25) is 4.98 Å². The van der Waals surface area contributed by atoms with Crippen molar-refractivity contribution in [1.29, 1.82) is 0 Å². The number of nitrogens with one attached hydrogen (secondary N) is 1. The minimum atomic E-state index is 0.148. The van der Waals surface area contributed by atoms with E-state index in [0.29, 0.717) is 5.02 Å². The van der Waals surface area contributed by atoms with Crippen LogP contribution in [0, 0.1) is 0 Å². The Kier molecular flexibility index (Phi) is 4.62. The molecule has 0 saturated carbocycles. The molecule has 0 saturated heterocycles. The zero-order valence-electron chi connectivity index (χ0n) is 15.5. The van der Waals surface area contributed by atoms with Crippen LogP contribution in [-0.4, -0.2) is 9.36 Å². The van der Waals surface area contributed by atoms with E-state index in [1.54, 1.807) is 6.20 Å². The molecule has 2 heterocycles. The fourth-order valence-corrected chi connectivity index (χ4v) is 3.97. The lowest BCUT2D eigenvalue weighted by molar-refractivity contribution is 0.590. The molecule has 1 N–H and O–H groups in total. The molecular weight excluding hydrogens is 374 g/mol. The smallest absolute Gasteiger partial charge is 0.151 e. The van der Waals surface area contributed by atoms with Gasteiger partial charge in [0.25, 0.3) is 0 Å². The Morgan fingerprint density at radius 2 is 1.78 bits per heavy atom. The van der Waals surface area contributed by atoms with Gasteiger partial charge in [-0.1, -0.05) is 50.6 Å². The minimum Gasteiger partial charge on any atom is -0.339 e. The number of hydrogen-bond acceptors (Lipinski definition) is 4. The number of fused-ring (bicyclic) bond motifs is 1. The van der Waals surface area contributed by atoms with Gasteiger partial charge in [0.15, 0.2) is 5.82 Å². The molecule has 2 aromatic carbocycles. The first-order valence-electron chi connectivity index (χ1n) is 8.80. The van der Waals surface area contributed by atoms with Gasteiger partial charge in [0.2, 0.25) is 0 Å². The highest BCUT2D eigenvalue weighted by Crippen LogP contribution is 2.34. The Bertz CT molecular complexity index is 1090. The highest BCUT2D eigenvalue weighted by atomic mass is 35.5. The average Bonchev–Trinajstić information content (AvgIpc) is 3.04. The van der Waals surface area contributed by atoms with Crippen LogP contribution in [0.4, 0.5) is 11.5 Å². The molecule has 4 aromatic rings. The maximum atomic E-state index is 6.28. The molecule has 0 aliphatic rings. The van der Waals surface area contributed by atoms with Crippen molar-refractivity contribution in [3.05, 3.63) is 71.4 Å². The number of benzene rings is 2. The summed E-state index contributed by atoms with van der Waals surface area (Å²) in [7, 11) is 0. The van der Waals surface area contributed by atoms with Crippen LogP contribution in [0.15, 0.2) is 60.8 Å². The van der Waals surface area contributed by atoms with Gasteiger partial charge in [0.05, 0.1) is 15.4 Å². The van der Waals surface area contributed by atoms with Crippen molar-refractivity contribution in [2.75, 3.05) is 5.32 Å². The molecule has 4 rings (SSSR count). The van der Waals surface area contributed by atoms with Crippen LogP contribution >= 0.6 is 23.1 Å². The first-order chi connectivity index (χ1) is 12.9. The molecule has 136 valence electrons. The molecule has 0 unspecified atom stereocenters. The summed E-state index contributed by atoms with van der Waals surface area (Å²) in [4.78, 5) is 4.39. The number of rotatable bonds is 3. The molecule has 27 heavy (non-hydrogen) atoms. The van der Waals surface area contributed by atoms with E-state index in [0.717, 1.165) is 32.8 Å². The first-order valence-corrected chi connectivity index (χ1v) is 9.95. The number of nitrogens with zero attached hydrogens (tertiary/aromatic N) is 2. The van der Waals surface area contributed by atoms with Crippen molar-refractivity contribution in [2.45, 2.75) is 26.2 Å². The van der Waals surface area contributed by atoms with Gasteiger partial charge < -0.3 is 5.32 Å². The summed E-state index contributed by atoms with van der Waals surface area (Å²) in [6.07, 6.45) is 1.76. The quantitative estimate of drug-likeness (QED) is 0.405. The van der Waals surface area contributed by atoms with E-state index in [2.05, 4.69) is 71.8 Å². The standard InChI is InChI=1S/C22H20ClN3S/c1-22(2,3)15-7-9-16(10-8-15)25-21-17-11-6-14(13-19(17)27-26-21)20-18(23)5-4-12-24-20/h4-13H,1-3H3,(H,25,26). The highest BCUT2D eigenvalue weighted by Gasteiger charge is 2.14. The van der Waals surface area contributed by atoms with E-state index >= 15 is 0 Å². The van der Waals surface area contributed by atoms with Crippen LogP contribution in [0.5, 0.6) is 0 Å². The van der Waals surface area contributed by atoms with Crippen LogP contribution in [0.2, 0.25) is 5.02 Å². The zero-order chi connectivity index (χ0) is 19.0. The van der Waals surface area contributed by atoms with Crippen LogP contribution < -0.4 is 5.32 Å². The topological polar surface area (TPSA) is 37.8 Å². The summed E-state index contributed by atoms with van der Waals surface area (Å²) in [5.41, 5.74) is 4.29. The predicted octanol–water partition coefficient (Wildman–Crippen LogP) is 7.05. The molecule has 0 bridgehead atoms. The van der Waals surface area contributed by atoms with Crippen LogP contribution in [0.1, 0.15) is 26.3 Å². The molecular formula is C22H20ClN3S. The van der Waals surface area contributed by atoms with E-state index in [1.807, 2.05) is 18.2 Å². The van der Waals surface area contributed by atoms with Crippen molar-refractivity contribution < 1.29 is 0 Å². The van der Waals surface area contributed by atoms with Crippen LogP contribution in [-0.2, 0) is 5.41 Å². The summed E-state index contributed by atoms with van der Waals surface area (Å²) in [5.74, 6) is 0.872. The van der Waals surface area contributed by atoms with E-state index in [1.165, 1.54) is 17.1 Å². The van der Waals surface area contributed by atoms with Gasteiger partial charge in [-0.15, -0.1) is 0 Å². The summed E-state index contributed by atoms with van der Waals surface area (Å²) in [6, 6.07) is 18.4. The van der Waals surface area contributed by atoms with Crippen molar-refractivity contribution in [1.82, 2.24) is 9.36 Å². The number of anilines is 2. The third kappa shape index (κ3) is 3.68. The van der Waals surface area contributed by atoms with Gasteiger partial charge in [-0.05, 0) is 58.9 Å². The predicted molar refractivity (Wildman–Crippen MR) is 116 cm³/mol. The summed E-state index contributed by atoms with van der Waals surface area (Å²) < 4.78 is 5.70. The molecule has 0 spiro atoms. The van der Waals surface area contributed by atoms with Crippen molar-refractivity contribution in [2.24, 2.45) is 0 Å².